The molecule has 3 heteroatoms. The van der Waals surface area contributed by atoms with Gasteiger partial charge < -0.3 is 14.8 Å². The molecule has 0 atom stereocenters. The highest BCUT2D eigenvalue weighted by Gasteiger charge is 2.34. The van der Waals surface area contributed by atoms with Gasteiger partial charge in [-0.15, -0.1) is 0 Å². The van der Waals surface area contributed by atoms with E-state index in [1.165, 1.54) is 44.9 Å². The molecular formula is C17H33NO2. The molecule has 1 aliphatic carbocycles. The van der Waals surface area contributed by atoms with Crippen LogP contribution < -0.4 is 5.32 Å². The molecule has 0 aromatic rings. The first-order valence-corrected chi connectivity index (χ1v) is 8.46. The lowest BCUT2D eigenvalue weighted by Gasteiger charge is -2.40. The molecule has 1 saturated heterocycles. The minimum Gasteiger partial charge on any atom is -0.381 e. The molecular weight excluding hydrogens is 250 g/mol. The fraction of sp³-hybridized carbons (Fsp3) is 1.00. The molecule has 2 fully saturated rings. The topological polar surface area (TPSA) is 30.5 Å². The van der Waals surface area contributed by atoms with E-state index in [1.54, 1.807) is 0 Å². The van der Waals surface area contributed by atoms with Crippen molar-refractivity contribution in [2.24, 2.45) is 5.92 Å². The highest BCUT2D eigenvalue weighted by Crippen LogP contribution is 2.33. The van der Waals surface area contributed by atoms with Gasteiger partial charge in [0.25, 0.3) is 0 Å². The van der Waals surface area contributed by atoms with Crippen LogP contribution in [0.15, 0.2) is 0 Å². The van der Waals surface area contributed by atoms with E-state index in [-0.39, 0.29) is 11.1 Å². The van der Waals surface area contributed by atoms with E-state index in [0.29, 0.717) is 5.92 Å². The maximum atomic E-state index is 6.49. The normalized spacial score (nSPS) is 24.8. The molecule has 1 saturated carbocycles. The Labute approximate surface area is 124 Å². The van der Waals surface area contributed by atoms with E-state index in [1.807, 2.05) is 0 Å². The Balaban J connectivity index is 1.85. The summed E-state index contributed by atoms with van der Waals surface area (Å²) in [6.45, 7) is 10.5. The van der Waals surface area contributed by atoms with Crippen molar-refractivity contribution in [3.8, 4) is 0 Å². The van der Waals surface area contributed by atoms with Crippen molar-refractivity contribution >= 4 is 0 Å². The molecule has 0 unspecified atom stereocenters. The Kier molecular flexibility index (Phi) is 5.88. The second-order valence-corrected chi connectivity index (χ2v) is 7.71. The monoisotopic (exact) mass is 283 g/mol. The zero-order valence-electron chi connectivity index (χ0n) is 13.7. The predicted molar refractivity (Wildman–Crippen MR) is 83.1 cm³/mol. The molecule has 0 radical (unpaired) electrons. The molecule has 0 bridgehead atoms. The molecule has 2 rings (SSSR count). The first-order valence-electron chi connectivity index (χ1n) is 8.46. The van der Waals surface area contributed by atoms with Crippen LogP contribution >= 0.6 is 0 Å². The third-order valence-electron chi connectivity index (χ3n) is 4.67. The Morgan fingerprint density at radius 3 is 2.35 bits per heavy atom. The van der Waals surface area contributed by atoms with E-state index < -0.39 is 0 Å². The van der Waals surface area contributed by atoms with Gasteiger partial charge in [-0.05, 0) is 52.4 Å². The van der Waals surface area contributed by atoms with Gasteiger partial charge in [0, 0.05) is 25.3 Å². The lowest BCUT2D eigenvalue weighted by atomic mass is 9.83. The number of hydrogen-bond acceptors (Lipinski definition) is 3. The van der Waals surface area contributed by atoms with Crippen molar-refractivity contribution in [3.63, 3.8) is 0 Å². The SMILES string of the molecule is CC(C)(C)NCC1(OCC2CCOCC2)CCCCC1. The van der Waals surface area contributed by atoms with Crippen molar-refractivity contribution in [2.45, 2.75) is 76.9 Å². The minimum absolute atomic E-state index is 0.0871. The first kappa shape index (κ1) is 16.3. The molecule has 1 N–H and O–H groups in total. The van der Waals surface area contributed by atoms with Crippen LogP contribution in [0.4, 0.5) is 0 Å². The maximum absolute atomic E-state index is 6.49. The van der Waals surface area contributed by atoms with Gasteiger partial charge >= 0.3 is 0 Å². The van der Waals surface area contributed by atoms with Crippen molar-refractivity contribution < 1.29 is 9.47 Å². The maximum Gasteiger partial charge on any atom is 0.0806 e. The fourth-order valence-electron chi connectivity index (χ4n) is 3.20. The van der Waals surface area contributed by atoms with E-state index in [4.69, 9.17) is 9.47 Å². The minimum atomic E-state index is 0.0871. The van der Waals surface area contributed by atoms with Crippen LogP contribution in [0.5, 0.6) is 0 Å². The number of hydrogen-bond donors (Lipinski definition) is 1. The average molecular weight is 283 g/mol. The van der Waals surface area contributed by atoms with Crippen molar-refractivity contribution in [1.82, 2.24) is 5.32 Å². The molecule has 0 amide bonds. The molecule has 20 heavy (non-hydrogen) atoms. The lowest BCUT2D eigenvalue weighted by Crippen LogP contribution is -2.50. The molecule has 3 nitrogen and oxygen atoms in total. The number of ether oxygens (including phenoxy) is 2. The first-order chi connectivity index (χ1) is 9.49. The zero-order chi connectivity index (χ0) is 14.5. The second-order valence-electron chi connectivity index (χ2n) is 7.71. The van der Waals surface area contributed by atoms with Crippen LogP contribution in [-0.2, 0) is 9.47 Å². The summed E-state index contributed by atoms with van der Waals surface area (Å²) in [5, 5.41) is 3.67. The number of rotatable bonds is 5. The van der Waals surface area contributed by atoms with Gasteiger partial charge in [-0.3, -0.25) is 0 Å². The zero-order valence-corrected chi connectivity index (χ0v) is 13.7. The van der Waals surface area contributed by atoms with Crippen molar-refractivity contribution in [2.75, 3.05) is 26.4 Å². The van der Waals surface area contributed by atoms with Gasteiger partial charge in [-0.1, -0.05) is 19.3 Å². The number of nitrogens with one attached hydrogen (secondary N) is 1. The molecule has 2 aliphatic rings. The fourth-order valence-corrected chi connectivity index (χ4v) is 3.20. The van der Waals surface area contributed by atoms with Gasteiger partial charge in [0.1, 0.15) is 0 Å². The smallest absolute Gasteiger partial charge is 0.0806 e. The standard InChI is InChI=1S/C17H33NO2/c1-16(2,3)18-14-17(9-5-4-6-10-17)20-13-15-7-11-19-12-8-15/h15,18H,4-14H2,1-3H3. The summed E-state index contributed by atoms with van der Waals surface area (Å²) >= 11 is 0. The van der Waals surface area contributed by atoms with E-state index in [0.717, 1.165) is 26.4 Å². The highest BCUT2D eigenvalue weighted by atomic mass is 16.5. The van der Waals surface area contributed by atoms with Gasteiger partial charge in [0.05, 0.1) is 12.2 Å². The Morgan fingerprint density at radius 1 is 1.10 bits per heavy atom. The summed E-state index contributed by atoms with van der Waals surface area (Å²) in [6.07, 6.45) is 8.79. The van der Waals surface area contributed by atoms with Crippen LogP contribution in [0.25, 0.3) is 0 Å². The summed E-state index contributed by atoms with van der Waals surface area (Å²) in [6, 6.07) is 0. The van der Waals surface area contributed by atoms with Crippen LogP contribution in [0.3, 0.4) is 0 Å². The Hall–Kier alpha value is -0.120. The van der Waals surface area contributed by atoms with Gasteiger partial charge in [0.15, 0.2) is 0 Å². The summed E-state index contributed by atoms with van der Waals surface area (Å²) in [7, 11) is 0. The van der Waals surface area contributed by atoms with Gasteiger partial charge in [0.2, 0.25) is 0 Å². The molecule has 1 aliphatic heterocycles. The molecule has 118 valence electrons. The molecule has 1 heterocycles. The van der Waals surface area contributed by atoms with Crippen molar-refractivity contribution in [3.05, 3.63) is 0 Å². The van der Waals surface area contributed by atoms with Crippen LogP contribution in [-0.4, -0.2) is 37.5 Å². The summed E-state index contributed by atoms with van der Waals surface area (Å²) in [4.78, 5) is 0. The Morgan fingerprint density at radius 2 is 1.75 bits per heavy atom. The quantitative estimate of drug-likeness (QED) is 0.837. The third-order valence-corrected chi connectivity index (χ3v) is 4.67. The van der Waals surface area contributed by atoms with Crippen LogP contribution in [0.1, 0.15) is 65.7 Å². The summed E-state index contributed by atoms with van der Waals surface area (Å²) in [5.74, 6) is 0.706. The average Bonchev–Trinajstić information content (AvgIpc) is 2.45. The Bertz CT molecular complexity index is 273. The van der Waals surface area contributed by atoms with Crippen LogP contribution in [0.2, 0.25) is 0 Å². The van der Waals surface area contributed by atoms with Crippen LogP contribution in [0, 0.1) is 5.92 Å². The van der Waals surface area contributed by atoms with Gasteiger partial charge in [-0.25, -0.2) is 0 Å². The third kappa shape index (κ3) is 5.34. The molecule has 0 spiro atoms. The molecule has 0 aromatic heterocycles. The second kappa shape index (κ2) is 7.24. The van der Waals surface area contributed by atoms with E-state index >= 15 is 0 Å². The molecule has 0 aromatic carbocycles. The summed E-state index contributed by atoms with van der Waals surface area (Å²) < 4.78 is 11.9. The van der Waals surface area contributed by atoms with Crippen molar-refractivity contribution in [1.29, 1.82) is 0 Å². The van der Waals surface area contributed by atoms with Gasteiger partial charge in [-0.2, -0.15) is 0 Å². The lowest BCUT2D eigenvalue weighted by molar-refractivity contribution is -0.0950. The highest BCUT2D eigenvalue weighted by molar-refractivity contribution is 4.89. The summed E-state index contributed by atoms with van der Waals surface area (Å²) in [5.41, 5.74) is 0.260. The van der Waals surface area contributed by atoms with E-state index in [9.17, 15) is 0 Å². The predicted octanol–water partition coefficient (Wildman–Crippen LogP) is 3.52. The van der Waals surface area contributed by atoms with E-state index in [2.05, 4.69) is 26.1 Å². The largest absolute Gasteiger partial charge is 0.381 e.